The second-order valence-electron chi connectivity index (χ2n) is 3.96. The van der Waals surface area contributed by atoms with Crippen molar-refractivity contribution in [3.8, 4) is 0 Å². The first-order valence-electron chi connectivity index (χ1n) is 5.98. The number of ether oxygens (including phenoxy) is 1. The lowest BCUT2D eigenvalue weighted by molar-refractivity contribution is -0.151. The minimum atomic E-state index is -0.982. The number of azide groups is 1. The predicted molar refractivity (Wildman–Crippen MR) is 70.2 cm³/mol. The molecule has 0 aliphatic rings. The second kappa shape index (κ2) is 7.35. The molecule has 1 unspecified atom stereocenters. The highest BCUT2D eigenvalue weighted by Gasteiger charge is 2.35. The molecule has 1 heterocycles. The summed E-state index contributed by atoms with van der Waals surface area (Å²) in [5.41, 5.74) is 8.01. The van der Waals surface area contributed by atoms with Crippen molar-refractivity contribution in [1.82, 2.24) is 10.3 Å². The van der Waals surface area contributed by atoms with Crippen molar-refractivity contribution in [3.05, 3.63) is 40.5 Å². The molecule has 1 aromatic heterocycles. The molecular weight excluding hydrogens is 246 g/mol. The Labute approximate surface area is 111 Å². The predicted octanol–water partition coefficient (Wildman–Crippen LogP) is 1.76. The Morgan fingerprint density at radius 3 is 2.84 bits per heavy atom. The minimum absolute atomic E-state index is 0.260. The van der Waals surface area contributed by atoms with Gasteiger partial charge >= 0.3 is 5.97 Å². The zero-order chi connectivity index (χ0) is 14.1. The molecule has 7 nitrogen and oxygen atoms in total. The minimum Gasteiger partial charge on any atom is -0.464 e. The van der Waals surface area contributed by atoms with Gasteiger partial charge in [-0.05, 0) is 37.1 Å². The number of hydrogen-bond acceptors (Lipinski definition) is 5. The molecule has 102 valence electrons. The standard InChI is InChI=1S/C12H17N5O2/c1-3-19-11(18)12(2,15-8-9-16-17-13)10-4-6-14-7-5-10/h4-7,15H,3,8-9H2,1-2H3. The fraction of sp³-hybridized carbons (Fsp3) is 0.500. The first-order valence-corrected chi connectivity index (χ1v) is 5.98. The van der Waals surface area contributed by atoms with Gasteiger partial charge in [0.15, 0.2) is 0 Å². The first-order chi connectivity index (χ1) is 9.15. The Hall–Kier alpha value is -2.11. The molecule has 19 heavy (non-hydrogen) atoms. The molecular formula is C12H17N5O2. The van der Waals surface area contributed by atoms with Gasteiger partial charge in [0, 0.05) is 30.4 Å². The molecule has 0 saturated carbocycles. The van der Waals surface area contributed by atoms with Crippen LogP contribution in [-0.2, 0) is 15.1 Å². The second-order valence-corrected chi connectivity index (χ2v) is 3.96. The largest absolute Gasteiger partial charge is 0.464 e. The Morgan fingerprint density at radius 2 is 2.26 bits per heavy atom. The van der Waals surface area contributed by atoms with E-state index in [-0.39, 0.29) is 12.5 Å². The van der Waals surface area contributed by atoms with E-state index in [4.69, 9.17) is 10.3 Å². The van der Waals surface area contributed by atoms with E-state index in [9.17, 15) is 4.79 Å². The summed E-state index contributed by atoms with van der Waals surface area (Å²) in [5, 5.41) is 6.49. The quantitative estimate of drug-likeness (QED) is 0.266. The summed E-state index contributed by atoms with van der Waals surface area (Å²) in [4.78, 5) is 18.7. The van der Waals surface area contributed by atoms with Crippen molar-refractivity contribution < 1.29 is 9.53 Å². The van der Waals surface area contributed by atoms with E-state index >= 15 is 0 Å². The third kappa shape index (κ3) is 3.94. The van der Waals surface area contributed by atoms with Gasteiger partial charge in [-0.3, -0.25) is 10.3 Å². The summed E-state index contributed by atoms with van der Waals surface area (Å²) in [6.45, 7) is 4.43. The van der Waals surface area contributed by atoms with Crippen molar-refractivity contribution in [2.45, 2.75) is 19.4 Å². The molecule has 0 fully saturated rings. The van der Waals surface area contributed by atoms with Crippen molar-refractivity contribution >= 4 is 5.97 Å². The summed E-state index contributed by atoms with van der Waals surface area (Å²) >= 11 is 0. The molecule has 1 aromatic rings. The molecule has 0 aromatic carbocycles. The van der Waals surface area contributed by atoms with Gasteiger partial charge in [-0.25, -0.2) is 4.79 Å². The summed E-state index contributed by atoms with van der Waals surface area (Å²) in [6.07, 6.45) is 3.23. The van der Waals surface area contributed by atoms with E-state index in [1.807, 2.05) is 0 Å². The molecule has 7 heteroatoms. The van der Waals surface area contributed by atoms with E-state index < -0.39 is 5.54 Å². The van der Waals surface area contributed by atoms with Crippen LogP contribution in [0.5, 0.6) is 0 Å². The smallest absolute Gasteiger partial charge is 0.330 e. The summed E-state index contributed by atoms with van der Waals surface area (Å²) in [5.74, 6) is -0.373. The Balaban J connectivity index is 2.90. The van der Waals surface area contributed by atoms with Gasteiger partial charge in [0.2, 0.25) is 0 Å². The Morgan fingerprint density at radius 1 is 1.58 bits per heavy atom. The van der Waals surface area contributed by atoms with Gasteiger partial charge in [-0.2, -0.15) is 0 Å². The topological polar surface area (TPSA) is 100.0 Å². The third-order valence-electron chi connectivity index (χ3n) is 2.69. The highest BCUT2D eigenvalue weighted by molar-refractivity contribution is 5.82. The van der Waals surface area contributed by atoms with Crippen LogP contribution in [0.4, 0.5) is 0 Å². The third-order valence-corrected chi connectivity index (χ3v) is 2.69. The van der Waals surface area contributed by atoms with Crippen molar-refractivity contribution in [1.29, 1.82) is 0 Å². The fourth-order valence-electron chi connectivity index (χ4n) is 1.65. The first kappa shape index (κ1) is 14.9. The number of aromatic nitrogens is 1. The van der Waals surface area contributed by atoms with E-state index in [1.165, 1.54) is 0 Å². The van der Waals surface area contributed by atoms with Crippen LogP contribution in [0, 0.1) is 0 Å². The molecule has 0 aliphatic carbocycles. The van der Waals surface area contributed by atoms with Crippen LogP contribution in [-0.4, -0.2) is 30.6 Å². The average molecular weight is 263 g/mol. The Kier molecular flexibility index (Phi) is 5.78. The molecule has 1 rings (SSSR count). The Bertz CT molecular complexity index is 458. The number of esters is 1. The van der Waals surface area contributed by atoms with Crippen LogP contribution in [0.1, 0.15) is 19.4 Å². The molecule has 0 amide bonds. The van der Waals surface area contributed by atoms with Gasteiger partial charge in [0.05, 0.1) is 6.61 Å². The van der Waals surface area contributed by atoms with Gasteiger partial charge in [0.25, 0.3) is 0 Å². The molecule has 0 bridgehead atoms. The number of nitrogens with one attached hydrogen (secondary N) is 1. The van der Waals surface area contributed by atoms with Crippen molar-refractivity contribution in [2.24, 2.45) is 5.11 Å². The monoisotopic (exact) mass is 263 g/mol. The van der Waals surface area contributed by atoms with E-state index in [1.54, 1.807) is 38.4 Å². The molecule has 0 spiro atoms. The van der Waals surface area contributed by atoms with Crippen molar-refractivity contribution in [2.75, 3.05) is 19.7 Å². The molecule has 0 radical (unpaired) electrons. The maximum atomic E-state index is 12.1. The normalized spacial score (nSPS) is 13.2. The number of hydrogen-bond donors (Lipinski definition) is 1. The number of rotatable bonds is 7. The average Bonchev–Trinajstić information content (AvgIpc) is 2.44. The molecule has 0 saturated heterocycles. The highest BCUT2D eigenvalue weighted by Crippen LogP contribution is 2.21. The lowest BCUT2D eigenvalue weighted by Gasteiger charge is -2.28. The van der Waals surface area contributed by atoms with Crippen LogP contribution >= 0.6 is 0 Å². The van der Waals surface area contributed by atoms with Gasteiger partial charge in [-0.15, -0.1) is 0 Å². The number of nitrogens with zero attached hydrogens (tertiary/aromatic N) is 4. The summed E-state index contributed by atoms with van der Waals surface area (Å²) < 4.78 is 5.09. The number of carbonyl (C=O) groups excluding carboxylic acids is 1. The lowest BCUT2D eigenvalue weighted by atomic mass is 9.93. The van der Waals surface area contributed by atoms with Crippen LogP contribution in [0.25, 0.3) is 10.4 Å². The molecule has 1 N–H and O–H groups in total. The van der Waals surface area contributed by atoms with Crippen LogP contribution in [0.15, 0.2) is 29.6 Å². The number of carbonyl (C=O) groups is 1. The highest BCUT2D eigenvalue weighted by atomic mass is 16.5. The fourth-order valence-corrected chi connectivity index (χ4v) is 1.65. The van der Waals surface area contributed by atoms with Crippen LogP contribution in [0.2, 0.25) is 0 Å². The van der Waals surface area contributed by atoms with E-state index in [0.29, 0.717) is 13.2 Å². The van der Waals surface area contributed by atoms with Crippen LogP contribution in [0.3, 0.4) is 0 Å². The molecule has 0 aliphatic heterocycles. The SMILES string of the molecule is CCOC(=O)C(C)(NCCN=[N+]=[N-])c1ccncc1. The van der Waals surface area contributed by atoms with Gasteiger partial charge in [-0.1, -0.05) is 5.11 Å². The van der Waals surface area contributed by atoms with E-state index in [2.05, 4.69) is 20.3 Å². The zero-order valence-corrected chi connectivity index (χ0v) is 11.0. The van der Waals surface area contributed by atoms with E-state index in [0.717, 1.165) is 5.56 Å². The number of pyridine rings is 1. The molecule has 1 atom stereocenters. The zero-order valence-electron chi connectivity index (χ0n) is 11.0. The lowest BCUT2D eigenvalue weighted by Crippen LogP contribution is -2.48. The van der Waals surface area contributed by atoms with Gasteiger partial charge < -0.3 is 4.74 Å². The van der Waals surface area contributed by atoms with Gasteiger partial charge in [0.1, 0.15) is 5.54 Å². The van der Waals surface area contributed by atoms with Crippen LogP contribution < -0.4 is 5.32 Å². The maximum Gasteiger partial charge on any atom is 0.330 e. The van der Waals surface area contributed by atoms with Crippen molar-refractivity contribution in [3.63, 3.8) is 0 Å². The maximum absolute atomic E-state index is 12.1. The summed E-state index contributed by atoms with van der Waals surface area (Å²) in [7, 11) is 0. The summed E-state index contributed by atoms with van der Waals surface area (Å²) in [6, 6.07) is 3.50.